The molecule has 0 aliphatic rings. The van der Waals surface area contributed by atoms with E-state index in [9.17, 15) is 5.11 Å². The molecule has 0 amide bonds. The summed E-state index contributed by atoms with van der Waals surface area (Å²) in [6.45, 7) is 5.78. The Morgan fingerprint density at radius 1 is 0.586 bits per heavy atom. The van der Waals surface area contributed by atoms with Crippen molar-refractivity contribution in [1.82, 2.24) is 0 Å². The average Bonchev–Trinajstić information content (AvgIpc) is 2.75. The SMILES string of the molecule is CCCCOc1ccc(-c2cc(O)cc(-c3ccc(OCCCC)cc3)c2)cc1. The van der Waals surface area contributed by atoms with Crippen molar-refractivity contribution in [3.05, 3.63) is 66.7 Å². The molecular formula is C26H30O3. The van der Waals surface area contributed by atoms with E-state index in [1.165, 1.54) is 0 Å². The summed E-state index contributed by atoms with van der Waals surface area (Å²) in [5.74, 6) is 2.01. The zero-order valence-corrected chi connectivity index (χ0v) is 17.4. The summed E-state index contributed by atoms with van der Waals surface area (Å²) in [5.41, 5.74) is 4.04. The van der Waals surface area contributed by atoms with Crippen molar-refractivity contribution in [2.75, 3.05) is 13.2 Å². The highest BCUT2D eigenvalue weighted by Crippen LogP contribution is 2.32. The van der Waals surface area contributed by atoms with Gasteiger partial charge in [-0.15, -0.1) is 0 Å². The fraction of sp³-hybridized carbons (Fsp3) is 0.308. The standard InChI is InChI=1S/C26H30O3/c1-3-5-15-28-25-11-7-20(8-12-25)22-17-23(19-24(27)18-22)21-9-13-26(14-10-21)29-16-6-4-2/h7-14,17-19,27H,3-6,15-16H2,1-2H3. The van der Waals surface area contributed by atoms with Crippen LogP contribution in [0, 0.1) is 0 Å². The van der Waals surface area contributed by atoms with Crippen LogP contribution in [-0.2, 0) is 0 Å². The average molecular weight is 391 g/mol. The lowest BCUT2D eigenvalue weighted by atomic mass is 9.98. The predicted molar refractivity (Wildman–Crippen MR) is 120 cm³/mol. The molecular weight excluding hydrogens is 360 g/mol. The molecule has 3 aromatic carbocycles. The van der Waals surface area contributed by atoms with Crippen LogP contribution in [0.4, 0.5) is 0 Å². The molecule has 3 aromatic rings. The molecule has 0 unspecified atom stereocenters. The Kier molecular flexibility index (Phi) is 7.57. The van der Waals surface area contributed by atoms with Gasteiger partial charge in [0.2, 0.25) is 0 Å². The van der Waals surface area contributed by atoms with Gasteiger partial charge in [0.25, 0.3) is 0 Å². The maximum atomic E-state index is 10.3. The molecule has 29 heavy (non-hydrogen) atoms. The summed E-state index contributed by atoms with van der Waals surface area (Å²) in [6.07, 6.45) is 4.35. The quantitative estimate of drug-likeness (QED) is 0.376. The number of phenols is 1. The number of ether oxygens (including phenoxy) is 2. The van der Waals surface area contributed by atoms with Crippen molar-refractivity contribution in [2.45, 2.75) is 39.5 Å². The highest BCUT2D eigenvalue weighted by Gasteiger charge is 2.06. The van der Waals surface area contributed by atoms with Gasteiger partial charge in [-0.3, -0.25) is 0 Å². The van der Waals surface area contributed by atoms with Gasteiger partial charge in [0.15, 0.2) is 0 Å². The van der Waals surface area contributed by atoms with Crippen molar-refractivity contribution in [1.29, 1.82) is 0 Å². The highest BCUT2D eigenvalue weighted by molar-refractivity contribution is 5.75. The minimum Gasteiger partial charge on any atom is -0.508 e. The van der Waals surface area contributed by atoms with E-state index >= 15 is 0 Å². The molecule has 3 nitrogen and oxygen atoms in total. The molecule has 0 saturated carbocycles. The lowest BCUT2D eigenvalue weighted by Gasteiger charge is -2.10. The van der Waals surface area contributed by atoms with Gasteiger partial charge in [-0.1, -0.05) is 51.0 Å². The summed E-state index contributed by atoms with van der Waals surface area (Å²) in [6, 6.07) is 21.7. The number of phenolic OH excluding ortho intramolecular Hbond substituents is 1. The van der Waals surface area contributed by atoms with Crippen LogP contribution < -0.4 is 9.47 Å². The van der Waals surface area contributed by atoms with E-state index in [0.717, 1.165) is 72.6 Å². The Morgan fingerprint density at radius 2 is 1.00 bits per heavy atom. The van der Waals surface area contributed by atoms with Gasteiger partial charge in [0.1, 0.15) is 17.2 Å². The fourth-order valence-corrected chi connectivity index (χ4v) is 3.10. The first-order chi connectivity index (χ1) is 14.2. The zero-order chi connectivity index (χ0) is 20.5. The predicted octanol–water partition coefficient (Wildman–Crippen LogP) is 7.08. The van der Waals surface area contributed by atoms with E-state index in [1.54, 1.807) is 12.1 Å². The van der Waals surface area contributed by atoms with E-state index in [2.05, 4.69) is 19.9 Å². The number of hydrogen-bond donors (Lipinski definition) is 1. The van der Waals surface area contributed by atoms with Crippen LogP contribution in [0.2, 0.25) is 0 Å². The minimum atomic E-state index is 0.254. The van der Waals surface area contributed by atoms with Gasteiger partial charge < -0.3 is 14.6 Å². The normalized spacial score (nSPS) is 10.7. The molecule has 0 bridgehead atoms. The highest BCUT2D eigenvalue weighted by atomic mass is 16.5. The van der Waals surface area contributed by atoms with Crippen LogP contribution in [0.5, 0.6) is 17.2 Å². The Hall–Kier alpha value is -2.94. The summed E-state index contributed by atoms with van der Waals surface area (Å²) in [7, 11) is 0. The molecule has 0 fully saturated rings. The Bertz CT molecular complexity index is 811. The summed E-state index contributed by atoms with van der Waals surface area (Å²) in [5, 5.41) is 10.3. The monoisotopic (exact) mass is 390 g/mol. The molecule has 152 valence electrons. The summed E-state index contributed by atoms with van der Waals surface area (Å²) < 4.78 is 11.5. The number of benzene rings is 3. The molecule has 0 radical (unpaired) electrons. The number of hydrogen-bond acceptors (Lipinski definition) is 3. The molecule has 0 aliphatic carbocycles. The maximum absolute atomic E-state index is 10.3. The third-order valence-corrected chi connectivity index (χ3v) is 4.83. The molecule has 3 rings (SSSR count). The summed E-state index contributed by atoms with van der Waals surface area (Å²) >= 11 is 0. The fourth-order valence-electron chi connectivity index (χ4n) is 3.10. The third kappa shape index (κ3) is 6.02. The van der Waals surface area contributed by atoms with Crippen molar-refractivity contribution in [2.24, 2.45) is 0 Å². The van der Waals surface area contributed by atoms with E-state index in [1.807, 2.05) is 48.5 Å². The smallest absolute Gasteiger partial charge is 0.119 e. The van der Waals surface area contributed by atoms with E-state index < -0.39 is 0 Å². The number of aromatic hydroxyl groups is 1. The summed E-state index contributed by atoms with van der Waals surface area (Å²) in [4.78, 5) is 0. The topological polar surface area (TPSA) is 38.7 Å². The Labute approximate surface area is 173 Å². The first-order valence-corrected chi connectivity index (χ1v) is 10.5. The van der Waals surface area contributed by atoms with Crippen LogP contribution >= 0.6 is 0 Å². The third-order valence-electron chi connectivity index (χ3n) is 4.83. The Balaban J connectivity index is 1.76. The second-order valence-corrected chi connectivity index (χ2v) is 7.22. The largest absolute Gasteiger partial charge is 0.508 e. The minimum absolute atomic E-state index is 0.254. The van der Waals surface area contributed by atoms with Gasteiger partial charge in [-0.25, -0.2) is 0 Å². The van der Waals surface area contributed by atoms with E-state index in [0.29, 0.717) is 0 Å². The van der Waals surface area contributed by atoms with Crippen molar-refractivity contribution in [3.8, 4) is 39.5 Å². The molecule has 0 heterocycles. The molecule has 0 aromatic heterocycles. The van der Waals surface area contributed by atoms with Gasteiger partial charge in [-0.2, -0.15) is 0 Å². The lowest BCUT2D eigenvalue weighted by Crippen LogP contribution is -1.96. The lowest BCUT2D eigenvalue weighted by molar-refractivity contribution is 0.309. The second kappa shape index (κ2) is 10.6. The van der Waals surface area contributed by atoms with E-state index in [-0.39, 0.29) is 5.75 Å². The number of unbranched alkanes of at least 4 members (excludes halogenated alkanes) is 2. The first-order valence-electron chi connectivity index (χ1n) is 10.5. The van der Waals surface area contributed by atoms with Gasteiger partial charge in [0.05, 0.1) is 13.2 Å². The zero-order valence-electron chi connectivity index (χ0n) is 17.4. The van der Waals surface area contributed by atoms with Crippen molar-refractivity contribution >= 4 is 0 Å². The van der Waals surface area contributed by atoms with E-state index in [4.69, 9.17) is 9.47 Å². The molecule has 1 N–H and O–H groups in total. The maximum Gasteiger partial charge on any atom is 0.119 e. The second-order valence-electron chi connectivity index (χ2n) is 7.22. The van der Waals surface area contributed by atoms with Crippen molar-refractivity contribution in [3.63, 3.8) is 0 Å². The van der Waals surface area contributed by atoms with Crippen molar-refractivity contribution < 1.29 is 14.6 Å². The number of rotatable bonds is 10. The van der Waals surface area contributed by atoms with Gasteiger partial charge in [0, 0.05) is 0 Å². The van der Waals surface area contributed by atoms with Gasteiger partial charge in [-0.05, 0) is 77.6 Å². The Morgan fingerprint density at radius 3 is 1.38 bits per heavy atom. The van der Waals surface area contributed by atoms with Gasteiger partial charge >= 0.3 is 0 Å². The molecule has 0 spiro atoms. The molecule has 0 aliphatic heterocycles. The van der Waals surface area contributed by atoms with Crippen LogP contribution in [0.25, 0.3) is 22.3 Å². The van der Waals surface area contributed by atoms with Crippen LogP contribution in [-0.4, -0.2) is 18.3 Å². The first kappa shape index (κ1) is 20.8. The van der Waals surface area contributed by atoms with Crippen LogP contribution in [0.3, 0.4) is 0 Å². The van der Waals surface area contributed by atoms with Crippen LogP contribution in [0.1, 0.15) is 39.5 Å². The molecule has 0 atom stereocenters. The van der Waals surface area contributed by atoms with Crippen LogP contribution in [0.15, 0.2) is 66.7 Å². The molecule has 0 saturated heterocycles. The molecule has 3 heteroatoms.